The molecule has 35 heavy (non-hydrogen) atoms. The van der Waals surface area contributed by atoms with Gasteiger partial charge >= 0.3 is 5.69 Å². The topological polar surface area (TPSA) is 95.6 Å². The SMILES string of the molecule is CCC(C)n1ncn(-c2ccc(N3CCN(C(C(=O)NCCO)c4ccccc4)CC3)cc2)c1=O. The molecule has 9 heteroatoms. The third-order valence-corrected chi connectivity index (χ3v) is 6.65. The van der Waals surface area contributed by atoms with Crippen LogP contribution in [0, 0.1) is 0 Å². The van der Waals surface area contributed by atoms with Crippen molar-refractivity contribution < 1.29 is 9.90 Å². The van der Waals surface area contributed by atoms with Crippen molar-refractivity contribution in [2.45, 2.75) is 32.4 Å². The van der Waals surface area contributed by atoms with Crippen LogP contribution in [0.15, 0.2) is 65.7 Å². The molecule has 9 nitrogen and oxygen atoms in total. The third-order valence-electron chi connectivity index (χ3n) is 6.65. The lowest BCUT2D eigenvalue weighted by atomic mass is 10.0. The molecule has 3 aromatic rings. The molecular formula is C26H34N6O3. The highest BCUT2D eigenvalue weighted by atomic mass is 16.3. The summed E-state index contributed by atoms with van der Waals surface area (Å²) in [6, 6.07) is 17.4. The van der Waals surface area contributed by atoms with Crippen LogP contribution >= 0.6 is 0 Å². The molecule has 1 aliphatic heterocycles. The minimum atomic E-state index is -0.388. The van der Waals surface area contributed by atoms with Crippen LogP contribution in [0.1, 0.15) is 37.9 Å². The van der Waals surface area contributed by atoms with E-state index in [2.05, 4.69) is 20.2 Å². The Morgan fingerprint density at radius 2 is 1.69 bits per heavy atom. The van der Waals surface area contributed by atoms with Gasteiger partial charge in [0.2, 0.25) is 5.91 Å². The molecule has 2 unspecified atom stereocenters. The number of hydrogen-bond acceptors (Lipinski definition) is 6. The maximum Gasteiger partial charge on any atom is 0.350 e. The van der Waals surface area contributed by atoms with Crippen LogP contribution in [0.3, 0.4) is 0 Å². The Hall–Kier alpha value is -3.43. The Labute approximate surface area is 205 Å². The average Bonchev–Trinajstić information content (AvgIpc) is 3.29. The maximum atomic E-state index is 12.9. The highest BCUT2D eigenvalue weighted by Gasteiger charge is 2.30. The summed E-state index contributed by atoms with van der Waals surface area (Å²) in [6.07, 6.45) is 2.42. The zero-order valence-electron chi connectivity index (χ0n) is 20.4. The number of carbonyl (C=O) groups excluding carboxylic acids is 1. The Morgan fingerprint density at radius 1 is 1.03 bits per heavy atom. The zero-order chi connectivity index (χ0) is 24.8. The van der Waals surface area contributed by atoms with Crippen LogP contribution in [0.4, 0.5) is 5.69 Å². The summed E-state index contributed by atoms with van der Waals surface area (Å²) in [5, 5.41) is 16.2. The lowest BCUT2D eigenvalue weighted by Crippen LogP contribution is -2.51. The fourth-order valence-electron chi connectivity index (χ4n) is 4.47. The normalized spacial score (nSPS) is 16.1. The fraction of sp³-hybridized carbons (Fsp3) is 0.423. The van der Waals surface area contributed by atoms with Gasteiger partial charge in [0.25, 0.3) is 0 Å². The monoisotopic (exact) mass is 478 g/mol. The molecule has 2 N–H and O–H groups in total. The summed E-state index contributed by atoms with van der Waals surface area (Å²) in [4.78, 5) is 30.1. The van der Waals surface area contributed by atoms with Crippen LogP contribution in [0.25, 0.3) is 5.69 Å². The first-order valence-electron chi connectivity index (χ1n) is 12.2. The number of aliphatic hydroxyl groups excluding tert-OH is 1. The molecule has 1 aromatic heterocycles. The average molecular weight is 479 g/mol. The summed E-state index contributed by atoms with van der Waals surface area (Å²) < 4.78 is 3.09. The molecule has 4 rings (SSSR count). The molecule has 2 aromatic carbocycles. The lowest BCUT2D eigenvalue weighted by Gasteiger charge is -2.39. The van der Waals surface area contributed by atoms with Gasteiger partial charge in [-0.05, 0) is 43.2 Å². The van der Waals surface area contributed by atoms with Gasteiger partial charge in [0.05, 0.1) is 18.3 Å². The van der Waals surface area contributed by atoms with E-state index >= 15 is 0 Å². The van der Waals surface area contributed by atoms with Crippen LogP contribution in [-0.2, 0) is 4.79 Å². The van der Waals surface area contributed by atoms with Gasteiger partial charge in [-0.2, -0.15) is 5.10 Å². The minimum Gasteiger partial charge on any atom is -0.395 e. The number of nitrogens with zero attached hydrogens (tertiary/aromatic N) is 5. The standard InChI is InChI=1S/C26H34N6O3/c1-3-20(2)32-26(35)31(19-28-32)23-11-9-22(10-12-23)29-14-16-30(17-15-29)24(25(34)27-13-18-33)21-7-5-4-6-8-21/h4-12,19-20,24,33H,3,13-18H2,1-2H3,(H,27,34). The second-order valence-electron chi connectivity index (χ2n) is 8.85. The first kappa shape index (κ1) is 24.7. The molecule has 2 atom stereocenters. The van der Waals surface area contributed by atoms with E-state index in [-0.39, 0.29) is 36.8 Å². The molecule has 0 saturated carbocycles. The Kier molecular flexibility index (Phi) is 7.99. The summed E-state index contributed by atoms with van der Waals surface area (Å²) >= 11 is 0. The maximum absolute atomic E-state index is 12.9. The zero-order valence-corrected chi connectivity index (χ0v) is 20.4. The van der Waals surface area contributed by atoms with Gasteiger partial charge in [-0.1, -0.05) is 37.3 Å². The van der Waals surface area contributed by atoms with E-state index in [1.54, 1.807) is 10.9 Å². The van der Waals surface area contributed by atoms with Gasteiger partial charge in [-0.25, -0.2) is 14.0 Å². The molecule has 2 heterocycles. The molecule has 1 amide bonds. The quantitative estimate of drug-likeness (QED) is 0.488. The van der Waals surface area contributed by atoms with Crippen molar-refractivity contribution in [2.24, 2.45) is 0 Å². The molecular weight excluding hydrogens is 444 g/mol. The van der Waals surface area contributed by atoms with E-state index in [0.29, 0.717) is 0 Å². The van der Waals surface area contributed by atoms with Gasteiger partial charge < -0.3 is 15.3 Å². The number of benzene rings is 2. The predicted molar refractivity (Wildman–Crippen MR) is 136 cm³/mol. The van der Waals surface area contributed by atoms with Crippen molar-refractivity contribution in [3.8, 4) is 5.69 Å². The molecule has 0 aliphatic carbocycles. The second kappa shape index (κ2) is 11.3. The molecule has 1 aliphatic rings. The van der Waals surface area contributed by atoms with Crippen molar-refractivity contribution in [1.82, 2.24) is 24.6 Å². The molecule has 186 valence electrons. The Balaban J connectivity index is 1.44. The number of aromatic nitrogens is 3. The second-order valence-corrected chi connectivity index (χ2v) is 8.85. The number of hydrogen-bond donors (Lipinski definition) is 2. The number of rotatable bonds is 9. The number of aliphatic hydroxyl groups is 1. The van der Waals surface area contributed by atoms with E-state index in [1.807, 2.05) is 68.4 Å². The number of carbonyl (C=O) groups is 1. The van der Waals surface area contributed by atoms with Crippen LogP contribution < -0.4 is 15.9 Å². The first-order valence-corrected chi connectivity index (χ1v) is 12.2. The van der Waals surface area contributed by atoms with Gasteiger partial charge in [-0.15, -0.1) is 0 Å². The molecule has 0 spiro atoms. The summed E-state index contributed by atoms with van der Waals surface area (Å²) in [6.45, 7) is 7.21. The van der Waals surface area contributed by atoms with Crippen LogP contribution in [-0.4, -0.2) is 69.6 Å². The molecule has 0 radical (unpaired) electrons. The minimum absolute atomic E-state index is 0.0600. The van der Waals surface area contributed by atoms with E-state index in [4.69, 9.17) is 5.11 Å². The van der Waals surface area contributed by atoms with Gasteiger partial charge in [-0.3, -0.25) is 9.69 Å². The van der Waals surface area contributed by atoms with Crippen molar-refractivity contribution >= 4 is 11.6 Å². The van der Waals surface area contributed by atoms with Crippen LogP contribution in [0.2, 0.25) is 0 Å². The van der Waals surface area contributed by atoms with Crippen molar-refractivity contribution in [3.05, 3.63) is 77.0 Å². The van der Waals surface area contributed by atoms with Gasteiger partial charge in [0.1, 0.15) is 12.4 Å². The van der Waals surface area contributed by atoms with E-state index in [0.717, 1.165) is 49.5 Å². The van der Waals surface area contributed by atoms with E-state index < -0.39 is 0 Å². The Morgan fingerprint density at radius 3 is 2.31 bits per heavy atom. The smallest absolute Gasteiger partial charge is 0.350 e. The summed E-state index contributed by atoms with van der Waals surface area (Å²) in [5.41, 5.74) is 2.68. The van der Waals surface area contributed by atoms with Gasteiger partial charge in [0, 0.05) is 38.4 Å². The van der Waals surface area contributed by atoms with Crippen molar-refractivity contribution in [1.29, 1.82) is 0 Å². The summed E-state index contributed by atoms with van der Waals surface area (Å²) in [5.74, 6) is -0.0913. The number of nitrogens with one attached hydrogen (secondary N) is 1. The van der Waals surface area contributed by atoms with Gasteiger partial charge in [0.15, 0.2) is 0 Å². The van der Waals surface area contributed by atoms with E-state index in [1.165, 1.54) is 4.68 Å². The third kappa shape index (κ3) is 5.47. The molecule has 1 fully saturated rings. The summed E-state index contributed by atoms with van der Waals surface area (Å²) in [7, 11) is 0. The predicted octanol–water partition coefficient (Wildman–Crippen LogP) is 1.98. The van der Waals surface area contributed by atoms with Crippen molar-refractivity contribution in [2.75, 3.05) is 44.2 Å². The van der Waals surface area contributed by atoms with Crippen LogP contribution in [0.5, 0.6) is 0 Å². The highest BCUT2D eigenvalue weighted by Crippen LogP contribution is 2.25. The number of anilines is 1. The molecule has 1 saturated heterocycles. The number of amides is 1. The first-order chi connectivity index (χ1) is 17.0. The number of piperazine rings is 1. The fourth-order valence-corrected chi connectivity index (χ4v) is 4.47. The van der Waals surface area contributed by atoms with E-state index in [9.17, 15) is 9.59 Å². The molecule has 0 bridgehead atoms. The highest BCUT2D eigenvalue weighted by molar-refractivity contribution is 5.83. The largest absolute Gasteiger partial charge is 0.395 e. The van der Waals surface area contributed by atoms with Crippen molar-refractivity contribution in [3.63, 3.8) is 0 Å². The Bertz CT molecular complexity index is 1150. The lowest BCUT2D eigenvalue weighted by molar-refractivity contribution is -0.127.